The molecular weight excluding hydrogens is 216 g/mol. The fourth-order valence-electron chi connectivity index (χ4n) is 1.94. The Morgan fingerprint density at radius 1 is 1.35 bits per heavy atom. The fraction of sp³-hybridized carbons (Fsp3) is 0.167. The van der Waals surface area contributed by atoms with Gasteiger partial charge in [0.1, 0.15) is 0 Å². The number of pyridine rings is 1. The molecule has 2 aromatic rings. The number of anilines is 1. The highest BCUT2D eigenvalue weighted by atomic mass is 16.2. The first-order valence-corrected chi connectivity index (χ1v) is 5.21. The molecule has 0 atom stereocenters. The summed E-state index contributed by atoms with van der Waals surface area (Å²) in [5, 5.41) is 0.781. The molecule has 0 radical (unpaired) electrons. The van der Waals surface area contributed by atoms with Crippen LogP contribution < -0.4 is 17.0 Å². The summed E-state index contributed by atoms with van der Waals surface area (Å²) >= 11 is 0. The van der Waals surface area contributed by atoms with Crippen LogP contribution in [0, 0.1) is 13.8 Å². The third kappa shape index (κ3) is 1.81. The molecule has 1 aromatic heterocycles. The van der Waals surface area contributed by atoms with Gasteiger partial charge in [-0.3, -0.25) is 15.2 Å². The van der Waals surface area contributed by atoms with Crippen molar-refractivity contribution in [2.24, 2.45) is 5.84 Å². The molecule has 0 bridgehead atoms. The van der Waals surface area contributed by atoms with E-state index in [4.69, 9.17) is 11.6 Å². The number of nitrogens with zero attached hydrogens (tertiary/aromatic N) is 1. The fourth-order valence-corrected chi connectivity index (χ4v) is 1.94. The van der Waals surface area contributed by atoms with E-state index in [9.17, 15) is 4.79 Å². The van der Waals surface area contributed by atoms with Gasteiger partial charge < -0.3 is 5.73 Å². The molecule has 17 heavy (non-hydrogen) atoms. The minimum Gasteiger partial charge on any atom is -0.397 e. The molecule has 0 saturated heterocycles. The number of carbonyl (C=O) groups is 1. The van der Waals surface area contributed by atoms with Gasteiger partial charge in [-0.2, -0.15) is 0 Å². The van der Waals surface area contributed by atoms with Crippen molar-refractivity contribution in [3.63, 3.8) is 0 Å². The van der Waals surface area contributed by atoms with Gasteiger partial charge in [-0.05, 0) is 25.5 Å². The van der Waals surface area contributed by atoms with E-state index in [0.717, 1.165) is 22.0 Å². The lowest BCUT2D eigenvalue weighted by Crippen LogP contribution is -2.30. The molecule has 0 unspecified atom stereocenters. The van der Waals surface area contributed by atoms with Gasteiger partial charge in [-0.1, -0.05) is 11.6 Å². The summed E-state index contributed by atoms with van der Waals surface area (Å²) in [7, 11) is 0. The van der Waals surface area contributed by atoms with Gasteiger partial charge in [0.2, 0.25) is 0 Å². The molecule has 0 fully saturated rings. The van der Waals surface area contributed by atoms with Crippen LogP contribution in [0.2, 0.25) is 0 Å². The number of carbonyl (C=O) groups excluding carboxylic acids is 1. The van der Waals surface area contributed by atoms with E-state index in [1.807, 2.05) is 26.0 Å². The zero-order valence-electron chi connectivity index (χ0n) is 9.74. The van der Waals surface area contributed by atoms with E-state index in [1.165, 1.54) is 6.20 Å². The minimum atomic E-state index is -0.434. The summed E-state index contributed by atoms with van der Waals surface area (Å²) in [5.41, 5.74) is 11.7. The first-order chi connectivity index (χ1) is 8.04. The second-order valence-corrected chi connectivity index (χ2v) is 4.04. The van der Waals surface area contributed by atoms with Crippen molar-refractivity contribution >= 4 is 22.5 Å². The number of rotatable bonds is 1. The topological polar surface area (TPSA) is 94.0 Å². The predicted octanol–water partition coefficient (Wildman–Crippen LogP) is 1.04. The van der Waals surface area contributed by atoms with E-state index in [2.05, 4.69) is 10.4 Å². The molecule has 88 valence electrons. The van der Waals surface area contributed by atoms with Crippen molar-refractivity contribution < 1.29 is 4.79 Å². The summed E-state index contributed by atoms with van der Waals surface area (Å²) in [6.07, 6.45) is 1.45. The molecule has 1 heterocycles. The summed E-state index contributed by atoms with van der Waals surface area (Å²) in [6.45, 7) is 3.94. The van der Waals surface area contributed by atoms with E-state index < -0.39 is 5.91 Å². The van der Waals surface area contributed by atoms with Crippen LogP contribution in [0.25, 0.3) is 10.9 Å². The molecule has 5 N–H and O–H groups in total. The van der Waals surface area contributed by atoms with E-state index >= 15 is 0 Å². The summed E-state index contributed by atoms with van der Waals surface area (Å²) < 4.78 is 0. The number of benzene rings is 1. The van der Waals surface area contributed by atoms with Crippen LogP contribution in [0.3, 0.4) is 0 Å². The van der Waals surface area contributed by atoms with Crippen molar-refractivity contribution in [1.29, 1.82) is 0 Å². The highest BCUT2D eigenvalue weighted by molar-refractivity contribution is 6.06. The molecule has 0 aliphatic rings. The Morgan fingerprint density at radius 2 is 2.06 bits per heavy atom. The minimum absolute atomic E-state index is 0.296. The predicted molar refractivity (Wildman–Crippen MR) is 67.3 cm³/mol. The van der Waals surface area contributed by atoms with Gasteiger partial charge in [-0.25, -0.2) is 5.84 Å². The van der Waals surface area contributed by atoms with Crippen molar-refractivity contribution in [3.05, 3.63) is 35.0 Å². The lowest BCUT2D eigenvalue weighted by molar-refractivity contribution is 0.0954. The largest absolute Gasteiger partial charge is 0.397 e. The molecule has 1 aromatic carbocycles. The maximum absolute atomic E-state index is 11.5. The van der Waals surface area contributed by atoms with Gasteiger partial charge in [0, 0.05) is 11.6 Å². The second kappa shape index (κ2) is 4.03. The summed E-state index contributed by atoms with van der Waals surface area (Å²) in [6, 6.07) is 3.94. The third-order valence-corrected chi connectivity index (χ3v) is 2.72. The number of nitrogen functional groups attached to an aromatic ring is 2. The number of fused-ring (bicyclic) bond motifs is 1. The van der Waals surface area contributed by atoms with Crippen molar-refractivity contribution in [2.45, 2.75) is 13.8 Å². The standard InChI is InChI=1S/C12H14N4O/c1-6-3-7(2)11-8(4-6)10(13)9(5-15-11)12(17)16-14/h3-5H,14H2,1-2H3,(H2,13,15)(H,16,17). The highest BCUT2D eigenvalue weighted by Crippen LogP contribution is 2.26. The average molecular weight is 230 g/mol. The number of aryl methyl sites for hydroxylation is 2. The first-order valence-electron chi connectivity index (χ1n) is 5.21. The molecule has 0 aliphatic carbocycles. The van der Waals surface area contributed by atoms with Crippen molar-refractivity contribution in [3.8, 4) is 0 Å². The quantitative estimate of drug-likeness (QED) is 0.387. The van der Waals surface area contributed by atoms with Gasteiger partial charge >= 0.3 is 0 Å². The number of nitrogens with two attached hydrogens (primary N) is 2. The monoisotopic (exact) mass is 230 g/mol. The molecular formula is C12H14N4O. The lowest BCUT2D eigenvalue weighted by atomic mass is 10.0. The Hall–Kier alpha value is -2.14. The van der Waals surface area contributed by atoms with Crippen LogP contribution in [0.1, 0.15) is 21.5 Å². The molecule has 5 heteroatoms. The van der Waals surface area contributed by atoms with Crippen molar-refractivity contribution in [2.75, 3.05) is 5.73 Å². The van der Waals surface area contributed by atoms with Crippen LogP contribution in [0.5, 0.6) is 0 Å². The Labute approximate surface area is 98.8 Å². The van der Waals surface area contributed by atoms with Crippen LogP contribution in [-0.2, 0) is 0 Å². The molecule has 0 spiro atoms. The maximum Gasteiger partial charge on any atom is 0.268 e. The molecule has 1 amide bonds. The number of hydrogen-bond acceptors (Lipinski definition) is 4. The van der Waals surface area contributed by atoms with Crippen LogP contribution in [0.15, 0.2) is 18.3 Å². The summed E-state index contributed by atoms with van der Waals surface area (Å²) in [4.78, 5) is 15.7. The lowest BCUT2D eigenvalue weighted by Gasteiger charge is -2.09. The van der Waals surface area contributed by atoms with Gasteiger partial charge in [0.05, 0.1) is 16.8 Å². The van der Waals surface area contributed by atoms with E-state index in [1.54, 1.807) is 0 Å². The number of amides is 1. The maximum atomic E-state index is 11.5. The second-order valence-electron chi connectivity index (χ2n) is 4.04. The molecule has 2 rings (SSSR count). The average Bonchev–Trinajstić information content (AvgIpc) is 2.29. The molecule has 0 saturated carbocycles. The Bertz CT molecular complexity index is 607. The van der Waals surface area contributed by atoms with Crippen molar-refractivity contribution in [1.82, 2.24) is 10.4 Å². The molecule has 5 nitrogen and oxygen atoms in total. The molecule has 0 aliphatic heterocycles. The van der Waals surface area contributed by atoms with Gasteiger partial charge in [-0.15, -0.1) is 0 Å². The highest BCUT2D eigenvalue weighted by Gasteiger charge is 2.13. The smallest absolute Gasteiger partial charge is 0.268 e. The Morgan fingerprint density at radius 3 is 2.71 bits per heavy atom. The third-order valence-electron chi connectivity index (χ3n) is 2.72. The number of hydrazine groups is 1. The zero-order chi connectivity index (χ0) is 12.6. The SMILES string of the molecule is Cc1cc(C)c2ncc(C(=O)NN)c(N)c2c1. The van der Waals surface area contributed by atoms with Gasteiger partial charge in [0.15, 0.2) is 0 Å². The number of hydrogen-bond donors (Lipinski definition) is 3. The first kappa shape index (κ1) is 11.3. The van der Waals surface area contributed by atoms with Crippen LogP contribution >= 0.6 is 0 Å². The van der Waals surface area contributed by atoms with E-state index in [0.29, 0.717) is 11.3 Å². The van der Waals surface area contributed by atoms with Crippen LogP contribution in [-0.4, -0.2) is 10.9 Å². The number of nitrogens with one attached hydrogen (secondary N) is 1. The normalized spacial score (nSPS) is 10.5. The zero-order valence-corrected chi connectivity index (χ0v) is 9.74. The van der Waals surface area contributed by atoms with Crippen LogP contribution in [0.4, 0.5) is 5.69 Å². The van der Waals surface area contributed by atoms with E-state index in [-0.39, 0.29) is 0 Å². The Balaban J connectivity index is 2.79. The Kier molecular flexibility index (Phi) is 2.69. The summed E-state index contributed by atoms with van der Waals surface area (Å²) in [5.74, 6) is 4.66. The van der Waals surface area contributed by atoms with Gasteiger partial charge in [0.25, 0.3) is 5.91 Å². The number of aromatic nitrogens is 1.